The van der Waals surface area contributed by atoms with Crippen molar-refractivity contribution in [1.29, 1.82) is 0 Å². The molecule has 0 N–H and O–H groups in total. The third kappa shape index (κ3) is 1.91. The third-order valence-electron chi connectivity index (χ3n) is 1.68. The zero-order valence-corrected chi connectivity index (χ0v) is 8.28. The van der Waals surface area contributed by atoms with Gasteiger partial charge in [0.25, 0.3) is 0 Å². The fourth-order valence-electron chi connectivity index (χ4n) is 1.20. The highest BCUT2D eigenvalue weighted by atomic mass is 15.2. The molecule has 2 radical (unpaired) electrons. The fraction of sp³-hybridized carbons (Fsp3) is 0.300. The van der Waals surface area contributed by atoms with Crippen LogP contribution in [-0.4, -0.2) is 17.5 Å². The number of pyridine rings is 1. The van der Waals surface area contributed by atoms with Gasteiger partial charge in [-0.15, -0.1) is 0 Å². The van der Waals surface area contributed by atoms with Gasteiger partial charge in [-0.05, 0) is 18.6 Å². The van der Waals surface area contributed by atoms with E-state index in [-0.39, 0.29) is 0 Å². The topological polar surface area (TPSA) is 17.3 Å². The highest BCUT2D eigenvalue weighted by molar-refractivity contribution is 6.36. The molecule has 2 heterocycles. The van der Waals surface area contributed by atoms with Crippen LogP contribution in [0.15, 0.2) is 24.5 Å². The second kappa shape index (κ2) is 4.12. The van der Waals surface area contributed by atoms with Crippen molar-refractivity contribution in [2.75, 3.05) is 0 Å². The standard InChI is InChI=1S/C8H7BN2.C2H6/c1-6-4-7(9)8-2-3-10-11(8)5-6;1-2/h2-5H,1H3;1-2H3. The van der Waals surface area contributed by atoms with Crippen LogP contribution in [0, 0.1) is 6.92 Å². The Morgan fingerprint density at radius 3 is 2.77 bits per heavy atom. The number of hydrogen-bond donors (Lipinski definition) is 0. The SMILES string of the molecule is CC.[B]c1cc(C)cn2nccc12. The molecule has 3 heteroatoms. The van der Waals surface area contributed by atoms with Gasteiger partial charge >= 0.3 is 0 Å². The van der Waals surface area contributed by atoms with Gasteiger partial charge in [-0.25, -0.2) is 4.52 Å². The summed E-state index contributed by atoms with van der Waals surface area (Å²) < 4.78 is 1.78. The Morgan fingerprint density at radius 1 is 1.38 bits per heavy atom. The predicted molar refractivity (Wildman–Crippen MR) is 56.7 cm³/mol. The minimum Gasteiger partial charge on any atom is -0.241 e. The van der Waals surface area contributed by atoms with Gasteiger partial charge in [0.05, 0.1) is 5.52 Å². The van der Waals surface area contributed by atoms with Crippen LogP contribution in [0.3, 0.4) is 0 Å². The number of aromatic nitrogens is 2. The molecule has 2 nitrogen and oxygen atoms in total. The molecule has 0 aromatic carbocycles. The van der Waals surface area contributed by atoms with Crippen molar-refractivity contribution in [2.24, 2.45) is 0 Å². The van der Waals surface area contributed by atoms with Crippen LogP contribution in [0.2, 0.25) is 0 Å². The Balaban J connectivity index is 0.000000396. The normalized spacial score (nSPS) is 9.46. The molecule has 0 bridgehead atoms. The highest BCUT2D eigenvalue weighted by Gasteiger charge is 1.96. The lowest BCUT2D eigenvalue weighted by Crippen LogP contribution is -2.07. The molecule has 2 aromatic rings. The van der Waals surface area contributed by atoms with Crippen molar-refractivity contribution < 1.29 is 0 Å². The van der Waals surface area contributed by atoms with Gasteiger partial charge in [0, 0.05) is 12.4 Å². The number of aryl methyl sites for hydroxylation is 1. The number of fused-ring (bicyclic) bond motifs is 1. The lowest BCUT2D eigenvalue weighted by Gasteiger charge is -1.99. The minimum absolute atomic E-state index is 0.780. The fourth-order valence-corrected chi connectivity index (χ4v) is 1.20. The van der Waals surface area contributed by atoms with Crippen LogP contribution >= 0.6 is 0 Å². The molecule has 0 unspecified atom stereocenters. The van der Waals surface area contributed by atoms with Crippen molar-refractivity contribution in [3.63, 3.8) is 0 Å². The van der Waals surface area contributed by atoms with E-state index in [1.807, 2.05) is 39.1 Å². The summed E-state index contributed by atoms with van der Waals surface area (Å²) in [6.45, 7) is 6.00. The molecule has 0 aliphatic heterocycles. The summed E-state index contributed by atoms with van der Waals surface area (Å²) in [5.41, 5.74) is 2.87. The number of nitrogens with zero attached hydrogens (tertiary/aromatic N) is 2. The van der Waals surface area contributed by atoms with Crippen LogP contribution in [0.25, 0.3) is 5.52 Å². The molecule has 0 aliphatic carbocycles. The lowest BCUT2D eigenvalue weighted by molar-refractivity contribution is 0.955. The maximum Gasteiger partial charge on any atom is 0.116 e. The van der Waals surface area contributed by atoms with E-state index in [4.69, 9.17) is 7.85 Å². The monoisotopic (exact) mass is 172 g/mol. The minimum atomic E-state index is 0.780. The molecular formula is C10H13BN2. The molecule has 13 heavy (non-hydrogen) atoms. The summed E-state index contributed by atoms with van der Waals surface area (Å²) in [5, 5.41) is 4.08. The molecule has 0 saturated carbocycles. The molecule has 2 aromatic heterocycles. The molecule has 66 valence electrons. The Kier molecular flexibility index (Phi) is 3.12. The molecule has 0 amide bonds. The van der Waals surface area contributed by atoms with Gasteiger partial charge < -0.3 is 0 Å². The summed E-state index contributed by atoms with van der Waals surface area (Å²) in [7, 11) is 5.74. The highest BCUT2D eigenvalue weighted by Crippen LogP contribution is 2.00. The van der Waals surface area contributed by atoms with E-state index in [1.54, 1.807) is 10.7 Å². The molecule has 0 aliphatic rings. The van der Waals surface area contributed by atoms with E-state index in [9.17, 15) is 0 Å². The van der Waals surface area contributed by atoms with Crippen molar-refractivity contribution in [2.45, 2.75) is 20.8 Å². The van der Waals surface area contributed by atoms with Gasteiger partial charge in [0.15, 0.2) is 0 Å². The maximum atomic E-state index is 5.74. The molecular weight excluding hydrogens is 159 g/mol. The van der Waals surface area contributed by atoms with Crippen LogP contribution in [0.5, 0.6) is 0 Å². The Labute approximate surface area is 80.0 Å². The second-order valence-electron chi connectivity index (χ2n) is 2.63. The van der Waals surface area contributed by atoms with Gasteiger partial charge in [-0.1, -0.05) is 25.4 Å². The van der Waals surface area contributed by atoms with Crippen molar-refractivity contribution >= 4 is 18.8 Å². The summed E-state index contributed by atoms with van der Waals surface area (Å²) in [4.78, 5) is 0. The average molecular weight is 172 g/mol. The average Bonchev–Trinajstić information content (AvgIpc) is 2.55. The zero-order valence-electron chi connectivity index (χ0n) is 8.28. The van der Waals surface area contributed by atoms with Crippen molar-refractivity contribution in [1.82, 2.24) is 9.61 Å². The lowest BCUT2D eigenvalue weighted by atomic mass is 9.95. The summed E-state index contributed by atoms with van der Waals surface area (Å²) >= 11 is 0. The van der Waals surface area contributed by atoms with Gasteiger partial charge in [0.1, 0.15) is 7.85 Å². The third-order valence-corrected chi connectivity index (χ3v) is 1.68. The summed E-state index contributed by atoms with van der Waals surface area (Å²) in [5.74, 6) is 0. The Bertz CT molecular complexity index is 393. The first kappa shape index (κ1) is 9.84. The molecule has 0 saturated heterocycles. The Morgan fingerprint density at radius 2 is 2.08 bits per heavy atom. The largest absolute Gasteiger partial charge is 0.241 e. The molecule has 0 atom stereocenters. The van der Waals surface area contributed by atoms with Crippen LogP contribution < -0.4 is 5.46 Å². The molecule has 0 spiro atoms. The molecule has 2 rings (SSSR count). The van der Waals surface area contributed by atoms with Crippen LogP contribution in [0.4, 0.5) is 0 Å². The predicted octanol–water partition coefficient (Wildman–Crippen LogP) is 1.46. The van der Waals surface area contributed by atoms with E-state index < -0.39 is 0 Å². The summed E-state index contributed by atoms with van der Waals surface area (Å²) in [6, 6.07) is 3.84. The van der Waals surface area contributed by atoms with Gasteiger partial charge in [-0.3, -0.25) is 0 Å². The first-order chi connectivity index (χ1) is 6.27. The smallest absolute Gasteiger partial charge is 0.116 e. The number of rotatable bonds is 0. The Hall–Kier alpha value is -1.25. The van der Waals surface area contributed by atoms with E-state index in [2.05, 4.69) is 5.10 Å². The molecule has 0 fully saturated rings. The summed E-state index contributed by atoms with van der Waals surface area (Å²) in [6.07, 6.45) is 3.69. The maximum absolute atomic E-state index is 5.74. The first-order valence-electron chi connectivity index (χ1n) is 4.47. The van der Waals surface area contributed by atoms with Crippen LogP contribution in [-0.2, 0) is 0 Å². The van der Waals surface area contributed by atoms with Gasteiger partial charge in [-0.2, -0.15) is 5.10 Å². The second-order valence-corrected chi connectivity index (χ2v) is 2.63. The quantitative estimate of drug-likeness (QED) is 0.550. The van der Waals surface area contributed by atoms with E-state index >= 15 is 0 Å². The van der Waals surface area contributed by atoms with Crippen molar-refractivity contribution in [3.8, 4) is 0 Å². The first-order valence-corrected chi connectivity index (χ1v) is 4.47. The van der Waals surface area contributed by atoms with E-state index in [0.29, 0.717) is 0 Å². The number of hydrogen-bond acceptors (Lipinski definition) is 1. The van der Waals surface area contributed by atoms with Crippen molar-refractivity contribution in [3.05, 3.63) is 30.1 Å². The van der Waals surface area contributed by atoms with Gasteiger partial charge in [0.2, 0.25) is 0 Å². The van der Waals surface area contributed by atoms with E-state index in [0.717, 1.165) is 16.5 Å². The van der Waals surface area contributed by atoms with Crippen LogP contribution in [0.1, 0.15) is 19.4 Å². The van der Waals surface area contributed by atoms with E-state index in [1.165, 1.54) is 0 Å². The zero-order chi connectivity index (χ0) is 9.84.